The van der Waals surface area contributed by atoms with Crippen LogP contribution in [0, 0.1) is 0 Å². The van der Waals surface area contributed by atoms with Gasteiger partial charge in [0.15, 0.2) is 0 Å². The Morgan fingerprint density at radius 3 is 2.60 bits per heavy atom. The molecule has 3 amide bonds. The number of carbonyl (C=O) groups excluding carboxylic acids is 2. The minimum absolute atomic E-state index is 0.282. The number of hydrogen-bond acceptors (Lipinski definition) is 4. The molecule has 0 bridgehead atoms. The van der Waals surface area contributed by atoms with E-state index in [1.165, 1.54) is 6.92 Å². The van der Waals surface area contributed by atoms with Crippen molar-refractivity contribution in [1.29, 1.82) is 0 Å². The molecule has 2 atom stereocenters. The minimum Gasteiger partial charge on any atom is -0.465 e. The molecule has 2 aliphatic rings. The second kappa shape index (κ2) is 6.08. The van der Waals surface area contributed by atoms with Crippen molar-refractivity contribution in [2.24, 2.45) is 0 Å². The normalized spacial score (nSPS) is 24.1. The number of nitrogens with zero attached hydrogens (tertiary/aromatic N) is 2. The Bertz CT molecular complexity index is 408. The Morgan fingerprint density at radius 2 is 2.10 bits per heavy atom. The molecule has 0 aromatic carbocycles. The highest BCUT2D eigenvalue weighted by Gasteiger charge is 2.40. The average molecular weight is 285 g/mol. The zero-order valence-corrected chi connectivity index (χ0v) is 11.4. The van der Waals surface area contributed by atoms with Crippen molar-refractivity contribution in [2.45, 2.75) is 25.4 Å². The lowest BCUT2D eigenvalue weighted by Gasteiger charge is -2.34. The largest absolute Gasteiger partial charge is 0.465 e. The molecule has 0 unspecified atom stereocenters. The number of morpholine rings is 1. The zero-order chi connectivity index (χ0) is 14.7. The summed E-state index contributed by atoms with van der Waals surface area (Å²) in [5.41, 5.74) is 0. The molecule has 0 spiro atoms. The SMILES string of the molecule is C[C@@H](C(=O)N1CCOCC1)N(C(=O)O)[C@H]1CCNC1=O. The van der Waals surface area contributed by atoms with Crippen molar-refractivity contribution in [3.8, 4) is 0 Å². The summed E-state index contributed by atoms with van der Waals surface area (Å²) in [4.78, 5) is 38.0. The Hall–Kier alpha value is -1.83. The van der Waals surface area contributed by atoms with E-state index in [9.17, 15) is 19.5 Å². The molecule has 0 saturated carbocycles. The molecule has 20 heavy (non-hydrogen) atoms. The molecule has 0 aromatic rings. The van der Waals surface area contributed by atoms with Crippen molar-refractivity contribution >= 4 is 17.9 Å². The van der Waals surface area contributed by atoms with Crippen molar-refractivity contribution in [3.63, 3.8) is 0 Å². The number of ether oxygens (including phenoxy) is 1. The van der Waals surface area contributed by atoms with Crippen molar-refractivity contribution in [1.82, 2.24) is 15.1 Å². The molecule has 2 aliphatic heterocycles. The number of hydrogen-bond donors (Lipinski definition) is 2. The van der Waals surface area contributed by atoms with Gasteiger partial charge >= 0.3 is 6.09 Å². The zero-order valence-electron chi connectivity index (χ0n) is 11.4. The molecule has 8 nitrogen and oxygen atoms in total. The van der Waals surface area contributed by atoms with Crippen molar-refractivity contribution < 1.29 is 24.2 Å². The number of carboxylic acid groups (broad SMARTS) is 1. The second-order valence-corrected chi connectivity index (χ2v) is 4.90. The van der Waals surface area contributed by atoms with Crippen LogP contribution in [-0.2, 0) is 14.3 Å². The van der Waals surface area contributed by atoms with Crippen molar-refractivity contribution in [3.05, 3.63) is 0 Å². The fourth-order valence-electron chi connectivity index (χ4n) is 2.58. The van der Waals surface area contributed by atoms with Crippen LogP contribution in [0.5, 0.6) is 0 Å². The number of carbonyl (C=O) groups is 3. The summed E-state index contributed by atoms with van der Waals surface area (Å²) in [5, 5.41) is 11.9. The van der Waals surface area contributed by atoms with E-state index in [1.54, 1.807) is 4.90 Å². The molecule has 2 saturated heterocycles. The summed E-state index contributed by atoms with van der Waals surface area (Å²) in [7, 11) is 0. The van der Waals surface area contributed by atoms with Crippen LogP contribution >= 0.6 is 0 Å². The molecule has 0 aliphatic carbocycles. The topological polar surface area (TPSA) is 99.2 Å². The maximum Gasteiger partial charge on any atom is 0.408 e. The summed E-state index contributed by atoms with van der Waals surface area (Å²) in [6.07, 6.45) is -0.854. The van der Waals surface area contributed by atoms with Gasteiger partial charge in [-0.3, -0.25) is 14.5 Å². The molecule has 0 aromatic heterocycles. The highest BCUT2D eigenvalue weighted by Crippen LogP contribution is 2.16. The Labute approximate surface area is 116 Å². The van der Waals surface area contributed by atoms with E-state index in [1.807, 2.05) is 0 Å². The summed E-state index contributed by atoms with van der Waals surface area (Å²) < 4.78 is 5.17. The number of amides is 3. The van der Waals surface area contributed by atoms with Gasteiger partial charge in [-0.05, 0) is 13.3 Å². The third kappa shape index (κ3) is 2.84. The maximum atomic E-state index is 12.3. The first-order chi connectivity index (χ1) is 9.52. The highest BCUT2D eigenvalue weighted by atomic mass is 16.5. The number of nitrogens with one attached hydrogen (secondary N) is 1. The molecule has 2 heterocycles. The van der Waals surface area contributed by atoms with Gasteiger partial charge in [-0.1, -0.05) is 0 Å². The third-order valence-corrected chi connectivity index (χ3v) is 3.67. The van der Waals surface area contributed by atoms with Gasteiger partial charge in [0.1, 0.15) is 12.1 Å². The van der Waals surface area contributed by atoms with Gasteiger partial charge < -0.3 is 20.1 Å². The maximum absolute atomic E-state index is 12.3. The summed E-state index contributed by atoms with van der Waals surface area (Å²) in [5.74, 6) is -0.621. The fourth-order valence-corrected chi connectivity index (χ4v) is 2.58. The molecule has 112 valence electrons. The van der Waals surface area contributed by atoms with E-state index >= 15 is 0 Å². The van der Waals surface area contributed by atoms with Crippen molar-refractivity contribution in [2.75, 3.05) is 32.8 Å². The van der Waals surface area contributed by atoms with E-state index in [2.05, 4.69) is 5.32 Å². The standard InChI is InChI=1S/C12H19N3O5/c1-8(11(17)14-4-6-20-7-5-14)15(12(18)19)9-2-3-13-10(9)16/h8-9H,2-7H2,1H3,(H,13,16)(H,18,19)/t8-,9-/m0/s1. The monoisotopic (exact) mass is 285 g/mol. The highest BCUT2D eigenvalue weighted by molar-refractivity contribution is 5.91. The summed E-state index contributed by atoms with van der Waals surface area (Å²) in [6, 6.07) is -1.66. The Kier molecular flexibility index (Phi) is 4.43. The molecule has 2 rings (SSSR count). The quantitative estimate of drug-likeness (QED) is 0.700. The predicted molar refractivity (Wildman–Crippen MR) is 68.1 cm³/mol. The van der Waals surface area contributed by atoms with E-state index < -0.39 is 18.2 Å². The lowest BCUT2D eigenvalue weighted by molar-refractivity contribution is -0.141. The smallest absolute Gasteiger partial charge is 0.408 e. The van der Waals surface area contributed by atoms with Gasteiger partial charge in [0, 0.05) is 19.6 Å². The fraction of sp³-hybridized carbons (Fsp3) is 0.750. The molecule has 8 heteroatoms. The minimum atomic E-state index is -1.25. The van der Waals surface area contributed by atoms with Crippen LogP contribution in [0.1, 0.15) is 13.3 Å². The molecular formula is C12H19N3O5. The second-order valence-electron chi connectivity index (χ2n) is 4.90. The van der Waals surface area contributed by atoms with Crippen LogP contribution in [0.2, 0.25) is 0 Å². The first-order valence-corrected chi connectivity index (χ1v) is 6.68. The van der Waals surface area contributed by atoms with E-state index in [4.69, 9.17) is 4.74 Å². The van der Waals surface area contributed by atoms with Gasteiger partial charge in [0.25, 0.3) is 0 Å². The van der Waals surface area contributed by atoms with Gasteiger partial charge in [-0.25, -0.2) is 4.79 Å². The van der Waals surface area contributed by atoms with Crippen LogP contribution in [0.25, 0.3) is 0 Å². The molecule has 2 fully saturated rings. The van der Waals surface area contributed by atoms with E-state index in [-0.39, 0.29) is 11.8 Å². The third-order valence-electron chi connectivity index (χ3n) is 3.67. The first kappa shape index (κ1) is 14.6. The van der Waals surface area contributed by atoms with Gasteiger partial charge in [0.2, 0.25) is 11.8 Å². The van der Waals surface area contributed by atoms with Gasteiger partial charge in [-0.2, -0.15) is 0 Å². The molecule has 2 N–H and O–H groups in total. The van der Waals surface area contributed by atoms with Crippen LogP contribution < -0.4 is 5.32 Å². The van der Waals surface area contributed by atoms with E-state index in [0.29, 0.717) is 39.3 Å². The lowest BCUT2D eigenvalue weighted by atomic mass is 10.1. The van der Waals surface area contributed by atoms with Crippen LogP contribution in [0.4, 0.5) is 4.79 Å². The predicted octanol–water partition coefficient (Wildman–Crippen LogP) is -0.898. The van der Waals surface area contributed by atoms with Crippen LogP contribution in [0.3, 0.4) is 0 Å². The van der Waals surface area contributed by atoms with E-state index in [0.717, 1.165) is 4.90 Å². The summed E-state index contributed by atoms with van der Waals surface area (Å²) >= 11 is 0. The molecule has 0 radical (unpaired) electrons. The van der Waals surface area contributed by atoms with Gasteiger partial charge in [0.05, 0.1) is 13.2 Å². The number of rotatable bonds is 3. The molecular weight excluding hydrogens is 266 g/mol. The summed E-state index contributed by atoms with van der Waals surface area (Å²) in [6.45, 7) is 3.77. The Morgan fingerprint density at radius 1 is 1.45 bits per heavy atom. The Balaban J connectivity index is 2.09. The first-order valence-electron chi connectivity index (χ1n) is 6.68. The van der Waals surface area contributed by atoms with Crippen LogP contribution in [0.15, 0.2) is 0 Å². The lowest BCUT2D eigenvalue weighted by Crippen LogP contribution is -2.56. The van der Waals surface area contributed by atoms with Crippen LogP contribution in [-0.4, -0.2) is 77.7 Å². The van der Waals surface area contributed by atoms with Gasteiger partial charge in [-0.15, -0.1) is 0 Å². The average Bonchev–Trinajstić information content (AvgIpc) is 2.85.